The number of carbonyl (C=O) groups is 2. The van der Waals surface area contributed by atoms with Gasteiger partial charge in [-0.3, -0.25) is 9.59 Å². The fourth-order valence-corrected chi connectivity index (χ4v) is 2.60. The van der Waals surface area contributed by atoms with Crippen molar-refractivity contribution in [2.24, 2.45) is 0 Å². The van der Waals surface area contributed by atoms with E-state index in [1.165, 1.54) is 13.0 Å². The maximum atomic E-state index is 13.9. The molecule has 132 valence electrons. The van der Waals surface area contributed by atoms with Gasteiger partial charge in [0.1, 0.15) is 11.6 Å². The Hall–Kier alpha value is -2.76. The number of rotatable bonds is 6. The lowest BCUT2D eigenvalue weighted by Crippen LogP contribution is -2.36. The summed E-state index contributed by atoms with van der Waals surface area (Å²) >= 11 is 0. The van der Waals surface area contributed by atoms with E-state index in [1.807, 2.05) is 37.3 Å². The van der Waals surface area contributed by atoms with E-state index in [2.05, 4.69) is 0 Å². The van der Waals surface area contributed by atoms with E-state index in [-0.39, 0.29) is 24.6 Å². The molecule has 2 aromatic carbocycles. The van der Waals surface area contributed by atoms with Gasteiger partial charge in [0.05, 0.1) is 5.69 Å². The average Bonchev–Trinajstić information content (AvgIpc) is 2.58. The first kappa shape index (κ1) is 18.6. The largest absolute Gasteiger partial charge is 0.313 e. The van der Waals surface area contributed by atoms with Crippen LogP contribution in [-0.2, 0) is 9.59 Å². The lowest BCUT2D eigenvalue weighted by molar-refractivity contribution is -0.118. The Bertz CT molecular complexity index is 750. The van der Waals surface area contributed by atoms with Crippen molar-refractivity contribution < 1.29 is 18.4 Å². The average molecular weight is 346 g/mol. The van der Waals surface area contributed by atoms with Crippen LogP contribution in [0.1, 0.15) is 20.3 Å². The Morgan fingerprint density at radius 2 is 1.68 bits per heavy atom. The second-order valence-corrected chi connectivity index (χ2v) is 5.49. The molecule has 0 bridgehead atoms. The molecule has 25 heavy (non-hydrogen) atoms. The molecule has 0 aliphatic heterocycles. The number of hydrogen-bond donors (Lipinski definition) is 0. The highest BCUT2D eigenvalue weighted by Gasteiger charge is 2.20. The molecule has 6 heteroatoms. The Morgan fingerprint density at radius 3 is 2.24 bits per heavy atom. The van der Waals surface area contributed by atoms with Gasteiger partial charge in [0.25, 0.3) is 0 Å². The van der Waals surface area contributed by atoms with E-state index in [0.29, 0.717) is 6.54 Å². The zero-order valence-electron chi connectivity index (χ0n) is 14.2. The van der Waals surface area contributed by atoms with E-state index in [9.17, 15) is 18.4 Å². The van der Waals surface area contributed by atoms with Crippen molar-refractivity contribution in [3.05, 3.63) is 60.2 Å². The van der Waals surface area contributed by atoms with E-state index in [0.717, 1.165) is 22.7 Å². The van der Waals surface area contributed by atoms with Gasteiger partial charge in [-0.2, -0.15) is 0 Å². The molecule has 2 rings (SSSR count). The van der Waals surface area contributed by atoms with Crippen LogP contribution in [0.25, 0.3) is 0 Å². The number of nitrogens with zero attached hydrogens (tertiary/aromatic N) is 2. The van der Waals surface area contributed by atoms with Gasteiger partial charge in [0.2, 0.25) is 11.8 Å². The topological polar surface area (TPSA) is 40.6 Å². The fourth-order valence-electron chi connectivity index (χ4n) is 2.60. The molecule has 0 radical (unpaired) electrons. The molecule has 4 nitrogen and oxygen atoms in total. The van der Waals surface area contributed by atoms with Gasteiger partial charge in [-0.05, 0) is 31.2 Å². The number of hydrogen-bond acceptors (Lipinski definition) is 2. The van der Waals surface area contributed by atoms with E-state index < -0.39 is 17.5 Å². The number of amides is 2. The minimum atomic E-state index is -0.835. The highest BCUT2D eigenvalue weighted by molar-refractivity contribution is 5.96. The van der Waals surface area contributed by atoms with Crippen molar-refractivity contribution in [3.63, 3.8) is 0 Å². The van der Waals surface area contributed by atoms with Crippen LogP contribution in [0.3, 0.4) is 0 Å². The molecule has 0 unspecified atom stereocenters. The minimum absolute atomic E-state index is 0.0139. The standard InChI is InChI=1S/C19H20F2N2O2/c1-3-22(16-7-5-4-6-8-16)19(25)11-12-23(14(2)24)18-10-9-15(20)13-17(18)21/h4-10,13H,3,11-12H2,1-2H3. The number of para-hydroxylation sites is 1. The van der Waals surface area contributed by atoms with Crippen molar-refractivity contribution in [1.82, 2.24) is 0 Å². The highest BCUT2D eigenvalue weighted by Crippen LogP contribution is 2.21. The van der Waals surface area contributed by atoms with Gasteiger partial charge in [-0.15, -0.1) is 0 Å². The lowest BCUT2D eigenvalue weighted by atomic mass is 10.2. The number of carbonyl (C=O) groups excluding carboxylic acids is 2. The molecule has 0 heterocycles. The quantitative estimate of drug-likeness (QED) is 0.799. The number of benzene rings is 2. The summed E-state index contributed by atoms with van der Waals surface area (Å²) in [6, 6.07) is 12.2. The zero-order valence-corrected chi connectivity index (χ0v) is 14.2. The van der Waals surface area contributed by atoms with Crippen LogP contribution in [0.15, 0.2) is 48.5 Å². The SMILES string of the molecule is CCN(C(=O)CCN(C(C)=O)c1ccc(F)cc1F)c1ccccc1. The first-order valence-corrected chi connectivity index (χ1v) is 8.02. The van der Waals surface area contributed by atoms with Gasteiger partial charge in [-0.1, -0.05) is 18.2 Å². The Labute approximate surface area is 145 Å². The van der Waals surface area contributed by atoms with Crippen molar-refractivity contribution in [3.8, 4) is 0 Å². The summed E-state index contributed by atoms with van der Waals surface area (Å²) in [6.45, 7) is 3.63. The molecule has 0 spiro atoms. The summed E-state index contributed by atoms with van der Waals surface area (Å²) in [5, 5.41) is 0. The third-order valence-electron chi connectivity index (χ3n) is 3.82. The summed E-state index contributed by atoms with van der Waals surface area (Å²) in [4.78, 5) is 27.1. The van der Waals surface area contributed by atoms with Crippen LogP contribution in [-0.4, -0.2) is 24.9 Å². The molecule has 0 N–H and O–H groups in total. The van der Waals surface area contributed by atoms with Gasteiger partial charge < -0.3 is 9.80 Å². The molecule has 2 amide bonds. The van der Waals surface area contributed by atoms with Crippen LogP contribution in [0.2, 0.25) is 0 Å². The second-order valence-electron chi connectivity index (χ2n) is 5.49. The maximum Gasteiger partial charge on any atom is 0.228 e. The predicted octanol–water partition coefficient (Wildman–Crippen LogP) is 3.76. The van der Waals surface area contributed by atoms with Gasteiger partial charge in [0.15, 0.2) is 0 Å². The number of anilines is 2. The number of halogens is 2. The molecule has 2 aromatic rings. The summed E-state index contributed by atoms with van der Waals surface area (Å²) in [5.41, 5.74) is 0.724. The lowest BCUT2D eigenvalue weighted by Gasteiger charge is -2.25. The van der Waals surface area contributed by atoms with Crippen LogP contribution in [0.5, 0.6) is 0 Å². The monoisotopic (exact) mass is 346 g/mol. The smallest absolute Gasteiger partial charge is 0.228 e. The zero-order chi connectivity index (χ0) is 18.4. The molecule has 0 aliphatic rings. The Balaban J connectivity index is 2.13. The fraction of sp³-hybridized carbons (Fsp3) is 0.263. The van der Waals surface area contributed by atoms with Crippen molar-refractivity contribution in [2.45, 2.75) is 20.3 Å². The summed E-state index contributed by atoms with van der Waals surface area (Å²) in [6.07, 6.45) is 0.0269. The summed E-state index contributed by atoms with van der Waals surface area (Å²) < 4.78 is 27.0. The van der Waals surface area contributed by atoms with Crippen LogP contribution >= 0.6 is 0 Å². The van der Waals surface area contributed by atoms with E-state index >= 15 is 0 Å². The molecule has 0 atom stereocenters. The Kier molecular flexibility index (Phi) is 6.22. The van der Waals surface area contributed by atoms with Gasteiger partial charge in [0, 0.05) is 38.2 Å². The third-order valence-corrected chi connectivity index (χ3v) is 3.82. The highest BCUT2D eigenvalue weighted by atomic mass is 19.1. The molecule has 0 saturated carbocycles. The third kappa shape index (κ3) is 4.62. The van der Waals surface area contributed by atoms with Gasteiger partial charge >= 0.3 is 0 Å². The van der Waals surface area contributed by atoms with Crippen molar-refractivity contribution in [1.29, 1.82) is 0 Å². The molecule has 0 aliphatic carbocycles. The summed E-state index contributed by atoms with van der Waals surface area (Å²) in [7, 11) is 0. The first-order valence-electron chi connectivity index (χ1n) is 8.02. The minimum Gasteiger partial charge on any atom is -0.313 e. The van der Waals surface area contributed by atoms with E-state index in [4.69, 9.17) is 0 Å². The normalized spacial score (nSPS) is 10.4. The Morgan fingerprint density at radius 1 is 1.00 bits per heavy atom. The molecular weight excluding hydrogens is 326 g/mol. The van der Waals surface area contributed by atoms with Crippen molar-refractivity contribution in [2.75, 3.05) is 22.9 Å². The molecular formula is C19H20F2N2O2. The molecule has 0 saturated heterocycles. The van der Waals surface area contributed by atoms with Crippen molar-refractivity contribution >= 4 is 23.2 Å². The molecule has 0 fully saturated rings. The van der Waals surface area contributed by atoms with E-state index in [1.54, 1.807) is 4.90 Å². The first-order chi connectivity index (χ1) is 11.9. The molecule has 0 aromatic heterocycles. The van der Waals surface area contributed by atoms with Crippen LogP contribution in [0.4, 0.5) is 20.2 Å². The predicted molar refractivity (Wildman–Crippen MR) is 93.5 cm³/mol. The van der Waals surface area contributed by atoms with Crippen LogP contribution in [0, 0.1) is 11.6 Å². The maximum absolute atomic E-state index is 13.9. The van der Waals surface area contributed by atoms with Crippen LogP contribution < -0.4 is 9.80 Å². The van der Waals surface area contributed by atoms with Gasteiger partial charge in [-0.25, -0.2) is 8.78 Å². The second kappa shape index (κ2) is 8.37. The summed E-state index contributed by atoms with van der Waals surface area (Å²) in [5.74, 6) is -2.15.